The standard InChI is InChI=1S/C13H9F2NO4/c1-5-3-16-4-7(13(18)19)11(17)6-2-8(14)9(15)12(20-5)10(6)16/h2,4-5H,3H2,1H3,(H,18,19)/t5-/m0/s1. The van der Waals surface area contributed by atoms with Gasteiger partial charge in [-0.1, -0.05) is 0 Å². The molecule has 1 aliphatic rings. The molecular weight excluding hydrogens is 272 g/mol. The number of ether oxygens (including phenoxy) is 1. The van der Waals surface area contributed by atoms with Crippen LogP contribution >= 0.6 is 0 Å². The normalized spacial score (nSPS) is 17.1. The van der Waals surface area contributed by atoms with E-state index < -0.39 is 34.7 Å². The molecule has 5 nitrogen and oxygen atoms in total. The molecule has 7 heteroatoms. The van der Waals surface area contributed by atoms with Crippen molar-refractivity contribution in [1.82, 2.24) is 4.57 Å². The van der Waals surface area contributed by atoms with E-state index in [0.717, 1.165) is 6.20 Å². The van der Waals surface area contributed by atoms with Crippen molar-refractivity contribution in [3.63, 3.8) is 0 Å². The van der Waals surface area contributed by atoms with E-state index in [1.165, 1.54) is 4.57 Å². The smallest absolute Gasteiger partial charge is 0.341 e. The Morgan fingerprint density at radius 3 is 2.85 bits per heavy atom. The Morgan fingerprint density at radius 2 is 2.20 bits per heavy atom. The van der Waals surface area contributed by atoms with E-state index in [2.05, 4.69) is 0 Å². The monoisotopic (exact) mass is 281 g/mol. The molecule has 2 heterocycles. The van der Waals surface area contributed by atoms with Crippen molar-refractivity contribution in [3.05, 3.63) is 39.7 Å². The Kier molecular flexibility index (Phi) is 2.53. The number of rotatable bonds is 1. The van der Waals surface area contributed by atoms with Crippen LogP contribution in [0.1, 0.15) is 17.3 Å². The van der Waals surface area contributed by atoms with Crippen molar-refractivity contribution >= 4 is 16.9 Å². The van der Waals surface area contributed by atoms with Gasteiger partial charge in [0, 0.05) is 6.20 Å². The van der Waals surface area contributed by atoms with Gasteiger partial charge in [-0.25, -0.2) is 9.18 Å². The Labute approximate surface area is 111 Å². The van der Waals surface area contributed by atoms with E-state index in [9.17, 15) is 18.4 Å². The topological polar surface area (TPSA) is 68.5 Å². The number of pyridine rings is 1. The van der Waals surface area contributed by atoms with Gasteiger partial charge in [0.2, 0.25) is 11.2 Å². The van der Waals surface area contributed by atoms with E-state index in [1.807, 2.05) is 0 Å². The maximum Gasteiger partial charge on any atom is 0.341 e. The molecule has 1 N–H and O–H groups in total. The molecule has 0 bridgehead atoms. The summed E-state index contributed by atoms with van der Waals surface area (Å²) in [6.45, 7) is 1.88. The van der Waals surface area contributed by atoms with Crippen molar-refractivity contribution in [3.8, 4) is 5.75 Å². The first-order valence-corrected chi connectivity index (χ1v) is 5.85. The number of carboxylic acids is 1. The number of carbonyl (C=O) groups is 1. The zero-order chi connectivity index (χ0) is 14.6. The van der Waals surface area contributed by atoms with Gasteiger partial charge in [0.15, 0.2) is 11.6 Å². The van der Waals surface area contributed by atoms with Crippen molar-refractivity contribution in [2.75, 3.05) is 0 Å². The maximum atomic E-state index is 13.8. The van der Waals surface area contributed by atoms with E-state index in [-0.39, 0.29) is 23.2 Å². The number of aromatic nitrogens is 1. The number of hydrogen-bond donors (Lipinski definition) is 1. The lowest BCUT2D eigenvalue weighted by atomic mass is 10.1. The third-order valence-corrected chi connectivity index (χ3v) is 3.21. The fraction of sp³-hybridized carbons (Fsp3) is 0.231. The lowest BCUT2D eigenvalue weighted by Crippen LogP contribution is -2.29. The van der Waals surface area contributed by atoms with Crippen LogP contribution in [0.4, 0.5) is 8.78 Å². The SMILES string of the molecule is C[C@H]1Cn2cc(C(=O)O)c(=O)c3cc(F)c(F)c(c32)O1. The van der Waals surface area contributed by atoms with Crippen LogP contribution in [0.2, 0.25) is 0 Å². The highest BCUT2D eigenvalue weighted by Gasteiger charge is 2.27. The highest BCUT2D eigenvalue weighted by atomic mass is 19.2. The summed E-state index contributed by atoms with van der Waals surface area (Å²) >= 11 is 0. The van der Waals surface area contributed by atoms with Gasteiger partial charge in [-0.3, -0.25) is 4.79 Å². The molecule has 0 saturated heterocycles. The van der Waals surface area contributed by atoms with Crippen LogP contribution in [0.5, 0.6) is 5.75 Å². The molecule has 1 atom stereocenters. The van der Waals surface area contributed by atoms with E-state index in [1.54, 1.807) is 6.92 Å². The zero-order valence-electron chi connectivity index (χ0n) is 10.3. The lowest BCUT2D eigenvalue weighted by molar-refractivity contribution is 0.0694. The number of hydrogen-bond acceptors (Lipinski definition) is 3. The maximum absolute atomic E-state index is 13.8. The second-order valence-corrected chi connectivity index (χ2v) is 4.66. The highest BCUT2D eigenvalue weighted by molar-refractivity contribution is 5.94. The zero-order valence-corrected chi connectivity index (χ0v) is 10.3. The number of aromatic carboxylic acids is 1. The molecule has 0 radical (unpaired) electrons. The second-order valence-electron chi connectivity index (χ2n) is 4.66. The van der Waals surface area contributed by atoms with Gasteiger partial charge < -0.3 is 14.4 Å². The second kappa shape index (κ2) is 4.03. The first-order valence-electron chi connectivity index (χ1n) is 5.85. The number of nitrogens with zero attached hydrogens (tertiary/aromatic N) is 1. The minimum atomic E-state index is -1.41. The molecule has 1 aromatic carbocycles. The van der Waals surface area contributed by atoms with Gasteiger partial charge >= 0.3 is 5.97 Å². The molecule has 0 unspecified atom stereocenters. The largest absolute Gasteiger partial charge is 0.483 e. The Morgan fingerprint density at radius 1 is 1.50 bits per heavy atom. The molecule has 0 saturated carbocycles. The molecule has 0 amide bonds. The Balaban J connectivity index is 2.53. The highest BCUT2D eigenvalue weighted by Crippen LogP contribution is 2.33. The van der Waals surface area contributed by atoms with E-state index >= 15 is 0 Å². The number of benzene rings is 1. The van der Waals surface area contributed by atoms with Crippen LogP contribution in [0.25, 0.3) is 10.9 Å². The van der Waals surface area contributed by atoms with Crippen LogP contribution in [0.3, 0.4) is 0 Å². The summed E-state index contributed by atoms with van der Waals surface area (Å²) in [6, 6.07) is 0.707. The molecule has 0 fully saturated rings. The molecule has 3 rings (SSSR count). The van der Waals surface area contributed by atoms with Gasteiger partial charge in [0.05, 0.1) is 17.4 Å². The van der Waals surface area contributed by atoms with Crippen molar-refractivity contribution < 1.29 is 23.4 Å². The molecule has 2 aromatic rings. The molecule has 104 valence electrons. The molecule has 0 spiro atoms. The lowest BCUT2D eigenvalue weighted by Gasteiger charge is -2.26. The van der Waals surface area contributed by atoms with Gasteiger partial charge in [-0.2, -0.15) is 4.39 Å². The minimum absolute atomic E-state index is 0.0806. The first kappa shape index (κ1) is 12.6. The molecular formula is C13H9F2NO4. The van der Waals surface area contributed by atoms with Crippen molar-refractivity contribution in [2.24, 2.45) is 0 Å². The average molecular weight is 281 g/mol. The molecule has 1 aromatic heterocycles. The van der Waals surface area contributed by atoms with Crippen molar-refractivity contribution in [1.29, 1.82) is 0 Å². The van der Waals surface area contributed by atoms with Crippen LogP contribution in [0, 0.1) is 11.6 Å². The third-order valence-electron chi connectivity index (χ3n) is 3.21. The fourth-order valence-electron chi connectivity index (χ4n) is 2.39. The Bertz CT molecular complexity index is 812. The van der Waals surface area contributed by atoms with Crippen LogP contribution < -0.4 is 10.2 Å². The summed E-state index contributed by atoms with van der Waals surface area (Å²) < 4.78 is 34.0. The van der Waals surface area contributed by atoms with Crippen molar-refractivity contribution in [2.45, 2.75) is 19.6 Å². The summed E-state index contributed by atoms with van der Waals surface area (Å²) in [5.74, 6) is -4.19. The molecule has 0 aliphatic carbocycles. The predicted octanol–water partition coefficient (Wildman–Crippen LogP) is 1.76. The first-order chi connectivity index (χ1) is 9.40. The summed E-state index contributed by atoms with van der Waals surface area (Å²) in [5, 5.41) is 8.81. The Hall–Kier alpha value is -2.44. The van der Waals surface area contributed by atoms with E-state index in [0.29, 0.717) is 6.07 Å². The predicted molar refractivity (Wildman–Crippen MR) is 65.2 cm³/mol. The average Bonchev–Trinajstić information content (AvgIpc) is 2.38. The van der Waals surface area contributed by atoms with Crippen LogP contribution in [-0.4, -0.2) is 21.7 Å². The summed E-state index contributed by atoms with van der Waals surface area (Å²) in [5.41, 5.74) is -1.26. The minimum Gasteiger partial charge on any atom is -0.483 e. The van der Waals surface area contributed by atoms with Crippen LogP contribution in [0.15, 0.2) is 17.1 Å². The van der Waals surface area contributed by atoms with Gasteiger partial charge in [0.1, 0.15) is 11.7 Å². The quantitative estimate of drug-likeness (QED) is 0.864. The number of halogens is 2. The third kappa shape index (κ3) is 1.59. The number of carboxylic acid groups (broad SMARTS) is 1. The summed E-state index contributed by atoms with van der Waals surface area (Å²) in [6.07, 6.45) is 0.665. The van der Waals surface area contributed by atoms with Gasteiger partial charge in [-0.15, -0.1) is 0 Å². The van der Waals surface area contributed by atoms with Gasteiger partial charge in [-0.05, 0) is 13.0 Å². The molecule has 1 aliphatic heterocycles. The fourth-order valence-corrected chi connectivity index (χ4v) is 2.39. The van der Waals surface area contributed by atoms with E-state index in [4.69, 9.17) is 9.84 Å². The van der Waals surface area contributed by atoms with Crippen LogP contribution in [-0.2, 0) is 6.54 Å². The summed E-state index contributed by atoms with van der Waals surface area (Å²) in [7, 11) is 0. The summed E-state index contributed by atoms with van der Waals surface area (Å²) in [4.78, 5) is 23.1. The van der Waals surface area contributed by atoms with Gasteiger partial charge in [0.25, 0.3) is 0 Å². The molecule has 20 heavy (non-hydrogen) atoms.